The highest BCUT2D eigenvalue weighted by molar-refractivity contribution is 9.10. The first kappa shape index (κ1) is 11.5. The monoisotopic (exact) mass is 260 g/mol. The standard InChI is InChI=1S/C10H14BrFN2/c1-5(2)9(13)7-3-6(12)4-8(11)10(7)14/h3-5,9H,13-14H2,1-2H3/t9-/m1/s1. The lowest BCUT2D eigenvalue weighted by Crippen LogP contribution is -2.18. The summed E-state index contributed by atoms with van der Waals surface area (Å²) in [6.07, 6.45) is 0. The fourth-order valence-corrected chi connectivity index (χ4v) is 1.69. The van der Waals surface area contributed by atoms with Crippen LogP contribution in [-0.4, -0.2) is 0 Å². The molecule has 1 rings (SSSR count). The number of nitrogen functional groups attached to an aromatic ring is 1. The molecule has 0 aliphatic carbocycles. The molecule has 4 N–H and O–H groups in total. The predicted molar refractivity (Wildman–Crippen MR) is 60.3 cm³/mol. The number of halogens is 2. The smallest absolute Gasteiger partial charge is 0.124 e. The highest BCUT2D eigenvalue weighted by atomic mass is 79.9. The van der Waals surface area contributed by atoms with Gasteiger partial charge in [-0.15, -0.1) is 0 Å². The zero-order valence-corrected chi connectivity index (χ0v) is 9.81. The zero-order valence-electron chi connectivity index (χ0n) is 8.22. The number of hydrogen-bond donors (Lipinski definition) is 2. The minimum absolute atomic E-state index is 0.228. The molecule has 0 aliphatic rings. The Balaban J connectivity index is 3.20. The Hall–Kier alpha value is -0.610. The lowest BCUT2D eigenvalue weighted by molar-refractivity contribution is 0.511. The molecule has 0 amide bonds. The Labute approximate surface area is 91.6 Å². The normalized spacial score (nSPS) is 13.3. The van der Waals surface area contributed by atoms with Crippen LogP contribution in [0.15, 0.2) is 16.6 Å². The van der Waals surface area contributed by atoms with E-state index < -0.39 is 0 Å². The SMILES string of the molecule is CC(C)[C@@H](N)c1cc(F)cc(Br)c1N. The lowest BCUT2D eigenvalue weighted by Gasteiger charge is -2.18. The molecule has 4 heteroatoms. The molecular formula is C10H14BrFN2. The van der Waals surface area contributed by atoms with Gasteiger partial charge in [-0.1, -0.05) is 13.8 Å². The third-order valence-corrected chi connectivity index (χ3v) is 2.86. The second-order valence-corrected chi connectivity index (χ2v) is 4.51. The molecule has 1 atom stereocenters. The summed E-state index contributed by atoms with van der Waals surface area (Å²) >= 11 is 3.19. The minimum Gasteiger partial charge on any atom is -0.398 e. The van der Waals surface area contributed by atoms with Gasteiger partial charge in [-0.25, -0.2) is 4.39 Å². The van der Waals surface area contributed by atoms with Crippen molar-refractivity contribution in [2.45, 2.75) is 19.9 Å². The van der Waals surface area contributed by atoms with Crippen LogP contribution in [0.25, 0.3) is 0 Å². The highest BCUT2D eigenvalue weighted by Crippen LogP contribution is 2.31. The van der Waals surface area contributed by atoms with Gasteiger partial charge in [0.2, 0.25) is 0 Å². The maximum atomic E-state index is 13.1. The van der Waals surface area contributed by atoms with Crippen LogP contribution < -0.4 is 11.5 Å². The molecule has 0 saturated heterocycles. The maximum Gasteiger partial charge on any atom is 0.124 e. The molecule has 78 valence electrons. The molecule has 2 nitrogen and oxygen atoms in total. The van der Waals surface area contributed by atoms with E-state index in [1.807, 2.05) is 13.8 Å². The number of nitrogens with two attached hydrogens (primary N) is 2. The van der Waals surface area contributed by atoms with Crippen molar-refractivity contribution in [3.8, 4) is 0 Å². The second kappa shape index (κ2) is 4.28. The molecule has 1 aromatic rings. The van der Waals surface area contributed by atoms with Crippen LogP contribution in [0.5, 0.6) is 0 Å². The summed E-state index contributed by atoms with van der Waals surface area (Å²) in [6.45, 7) is 3.95. The van der Waals surface area contributed by atoms with Crippen molar-refractivity contribution in [1.82, 2.24) is 0 Å². The number of benzene rings is 1. The van der Waals surface area contributed by atoms with Gasteiger partial charge in [-0.3, -0.25) is 0 Å². The molecule has 0 fully saturated rings. The maximum absolute atomic E-state index is 13.1. The summed E-state index contributed by atoms with van der Waals surface area (Å²) in [5, 5.41) is 0. The fourth-order valence-electron chi connectivity index (χ4n) is 1.24. The topological polar surface area (TPSA) is 52.0 Å². The van der Waals surface area contributed by atoms with Crippen LogP contribution in [0, 0.1) is 11.7 Å². The van der Waals surface area contributed by atoms with Crippen molar-refractivity contribution in [3.05, 3.63) is 28.0 Å². The van der Waals surface area contributed by atoms with E-state index in [2.05, 4.69) is 15.9 Å². The fraction of sp³-hybridized carbons (Fsp3) is 0.400. The summed E-state index contributed by atoms with van der Waals surface area (Å²) in [7, 11) is 0. The van der Waals surface area contributed by atoms with Crippen LogP contribution in [0.1, 0.15) is 25.5 Å². The van der Waals surface area contributed by atoms with Crippen molar-refractivity contribution in [3.63, 3.8) is 0 Å². The van der Waals surface area contributed by atoms with Gasteiger partial charge in [0.05, 0.1) is 5.69 Å². The minimum atomic E-state index is -0.322. The number of anilines is 1. The zero-order chi connectivity index (χ0) is 10.9. The van der Waals surface area contributed by atoms with Gasteiger partial charge >= 0.3 is 0 Å². The van der Waals surface area contributed by atoms with E-state index >= 15 is 0 Å². The summed E-state index contributed by atoms with van der Waals surface area (Å²) in [5.41, 5.74) is 12.9. The van der Waals surface area contributed by atoms with Crippen molar-refractivity contribution >= 4 is 21.6 Å². The average Bonchev–Trinajstić information content (AvgIpc) is 2.09. The first-order valence-corrected chi connectivity index (χ1v) is 5.22. The van der Waals surface area contributed by atoms with E-state index in [4.69, 9.17) is 11.5 Å². The lowest BCUT2D eigenvalue weighted by atomic mass is 9.96. The van der Waals surface area contributed by atoms with Crippen LogP contribution in [0.2, 0.25) is 0 Å². The van der Waals surface area contributed by atoms with Gasteiger partial charge in [-0.2, -0.15) is 0 Å². The third kappa shape index (κ3) is 2.25. The van der Waals surface area contributed by atoms with E-state index in [1.165, 1.54) is 12.1 Å². The molecule has 0 aromatic heterocycles. The molecular weight excluding hydrogens is 247 g/mol. The molecule has 0 spiro atoms. The van der Waals surface area contributed by atoms with Gasteiger partial charge < -0.3 is 11.5 Å². The average molecular weight is 261 g/mol. The van der Waals surface area contributed by atoms with Crippen LogP contribution >= 0.6 is 15.9 Å². The molecule has 0 bridgehead atoms. The Morgan fingerprint density at radius 2 is 1.93 bits per heavy atom. The first-order valence-electron chi connectivity index (χ1n) is 4.43. The summed E-state index contributed by atoms with van der Waals surface area (Å²) in [6, 6.07) is 2.50. The third-order valence-electron chi connectivity index (χ3n) is 2.20. The van der Waals surface area contributed by atoms with Crippen molar-refractivity contribution in [1.29, 1.82) is 0 Å². The molecule has 14 heavy (non-hydrogen) atoms. The van der Waals surface area contributed by atoms with Crippen LogP contribution in [0.4, 0.5) is 10.1 Å². The van der Waals surface area contributed by atoms with Crippen molar-refractivity contribution in [2.75, 3.05) is 5.73 Å². The Bertz CT molecular complexity index is 339. The largest absolute Gasteiger partial charge is 0.398 e. The van der Waals surface area contributed by atoms with Crippen LogP contribution in [-0.2, 0) is 0 Å². The Morgan fingerprint density at radius 1 is 1.36 bits per heavy atom. The summed E-state index contributed by atoms with van der Waals surface area (Å²) < 4.78 is 13.6. The summed E-state index contributed by atoms with van der Waals surface area (Å²) in [5.74, 6) is -0.0943. The molecule has 0 heterocycles. The van der Waals surface area contributed by atoms with Gasteiger partial charge in [0.15, 0.2) is 0 Å². The Kier molecular flexibility index (Phi) is 3.50. The summed E-state index contributed by atoms with van der Waals surface area (Å²) in [4.78, 5) is 0. The van der Waals surface area contributed by atoms with Crippen LogP contribution in [0.3, 0.4) is 0 Å². The Morgan fingerprint density at radius 3 is 2.43 bits per heavy atom. The van der Waals surface area contributed by atoms with Gasteiger partial charge in [-0.05, 0) is 39.5 Å². The molecule has 0 aliphatic heterocycles. The van der Waals surface area contributed by atoms with E-state index in [9.17, 15) is 4.39 Å². The number of rotatable bonds is 2. The first-order chi connectivity index (χ1) is 6.43. The molecule has 0 saturated carbocycles. The van der Waals surface area contributed by atoms with E-state index in [0.29, 0.717) is 15.7 Å². The highest BCUT2D eigenvalue weighted by Gasteiger charge is 2.16. The molecule has 0 radical (unpaired) electrons. The second-order valence-electron chi connectivity index (χ2n) is 3.66. The molecule has 1 aromatic carbocycles. The van der Waals surface area contributed by atoms with E-state index in [0.717, 1.165) is 0 Å². The quantitative estimate of drug-likeness (QED) is 0.804. The van der Waals surface area contributed by atoms with E-state index in [-0.39, 0.29) is 17.8 Å². The number of hydrogen-bond acceptors (Lipinski definition) is 2. The van der Waals surface area contributed by atoms with E-state index in [1.54, 1.807) is 0 Å². The van der Waals surface area contributed by atoms with Gasteiger partial charge in [0, 0.05) is 10.5 Å². The van der Waals surface area contributed by atoms with Gasteiger partial charge in [0.1, 0.15) is 5.82 Å². The van der Waals surface area contributed by atoms with Crippen molar-refractivity contribution < 1.29 is 4.39 Å². The predicted octanol–water partition coefficient (Wildman–Crippen LogP) is 2.83. The molecule has 0 unspecified atom stereocenters. The van der Waals surface area contributed by atoms with Gasteiger partial charge in [0.25, 0.3) is 0 Å². The van der Waals surface area contributed by atoms with Crippen molar-refractivity contribution in [2.24, 2.45) is 11.7 Å².